The highest BCUT2D eigenvalue weighted by atomic mass is 32.1. The monoisotopic (exact) mass is 384 g/mol. The van der Waals surface area contributed by atoms with Gasteiger partial charge in [0.15, 0.2) is 0 Å². The number of ether oxygens (including phenoxy) is 1. The maximum absolute atomic E-state index is 12.7. The molecule has 2 aromatic heterocycles. The lowest BCUT2D eigenvalue weighted by molar-refractivity contribution is 0.0957. The van der Waals surface area contributed by atoms with Crippen molar-refractivity contribution in [3.05, 3.63) is 40.3 Å². The minimum absolute atomic E-state index is 0.0247. The minimum atomic E-state index is -0.0247. The molecule has 27 heavy (non-hydrogen) atoms. The topological polar surface area (TPSA) is 69.0 Å². The molecule has 3 heterocycles. The van der Waals surface area contributed by atoms with Crippen molar-refractivity contribution in [1.29, 1.82) is 0 Å². The molecule has 0 spiro atoms. The Hall–Kier alpha value is -2.41. The molecule has 4 rings (SSSR count). The molecule has 0 aliphatic carbocycles. The largest absolute Gasteiger partial charge is 0.497 e. The Morgan fingerprint density at radius 1 is 1.30 bits per heavy atom. The van der Waals surface area contributed by atoms with Crippen molar-refractivity contribution < 1.29 is 9.53 Å². The number of aryl methyl sites for hydroxylation is 2. The number of thiophene rings is 1. The Balaban J connectivity index is 1.43. The van der Waals surface area contributed by atoms with Crippen molar-refractivity contribution in [3.8, 4) is 5.75 Å². The van der Waals surface area contributed by atoms with Gasteiger partial charge in [-0.2, -0.15) is 0 Å². The average molecular weight is 385 g/mol. The predicted octanol–water partition coefficient (Wildman–Crippen LogP) is 3.51. The number of nitrogens with one attached hydrogen (secondary N) is 1. The van der Waals surface area contributed by atoms with Crippen LogP contribution in [0, 0.1) is 6.92 Å². The zero-order valence-corrected chi connectivity index (χ0v) is 16.6. The minimum Gasteiger partial charge on any atom is -0.497 e. The molecular formula is C20H24N4O2S. The van der Waals surface area contributed by atoms with E-state index in [1.54, 1.807) is 7.11 Å². The van der Waals surface area contributed by atoms with Crippen molar-refractivity contribution in [3.63, 3.8) is 0 Å². The molecule has 0 radical (unpaired) electrons. The third-order valence-electron chi connectivity index (χ3n) is 5.17. The van der Waals surface area contributed by atoms with E-state index in [0.717, 1.165) is 50.9 Å². The highest BCUT2D eigenvalue weighted by molar-refractivity contribution is 7.21. The van der Waals surface area contributed by atoms with E-state index in [1.807, 2.05) is 25.1 Å². The maximum atomic E-state index is 12.7. The second-order valence-electron chi connectivity index (χ2n) is 6.92. The van der Waals surface area contributed by atoms with Crippen LogP contribution in [0.5, 0.6) is 5.75 Å². The summed E-state index contributed by atoms with van der Waals surface area (Å²) in [6.45, 7) is 3.54. The number of methoxy groups -OCH3 is 1. The fraction of sp³-hybridized carbons (Fsp3) is 0.450. The number of carbonyl (C=O) groups excluding carboxylic acids is 1. The van der Waals surface area contributed by atoms with Crippen LogP contribution in [0.4, 0.5) is 0 Å². The van der Waals surface area contributed by atoms with Crippen LogP contribution in [0.2, 0.25) is 0 Å². The van der Waals surface area contributed by atoms with Gasteiger partial charge in [0, 0.05) is 30.6 Å². The lowest BCUT2D eigenvalue weighted by Gasteiger charge is -2.08. The molecule has 1 aliphatic rings. The first-order valence-electron chi connectivity index (χ1n) is 9.43. The van der Waals surface area contributed by atoms with Crippen LogP contribution in [-0.2, 0) is 19.4 Å². The summed E-state index contributed by atoms with van der Waals surface area (Å²) >= 11 is 1.52. The molecule has 1 aromatic carbocycles. The Bertz CT molecular complexity index is 976. The van der Waals surface area contributed by atoms with Gasteiger partial charge < -0.3 is 14.6 Å². The number of hydrogen-bond acceptors (Lipinski definition) is 5. The fourth-order valence-electron chi connectivity index (χ4n) is 3.64. The Morgan fingerprint density at radius 2 is 2.19 bits per heavy atom. The summed E-state index contributed by atoms with van der Waals surface area (Å²) in [7, 11) is 1.65. The molecule has 1 amide bonds. The normalized spacial score (nSPS) is 14.0. The molecule has 3 aromatic rings. The summed E-state index contributed by atoms with van der Waals surface area (Å²) < 4.78 is 8.63. The molecule has 0 saturated carbocycles. The first-order valence-corrected chi connectivity index (χ1v) is 10.3. The molecule has 7 heteroatoms. The van der Waals surface area contributed by atoms with Crippen LogP contribution < -0.4 is 10.1 Å². The molecule has 6 nitrogen and oxygen atoms in total. The standard InChI is InChI=1S/C20H24N4O2S/c1-13-15-12-14(26-2)7-8-16(15)27-19(13)20(25)21-10-9-18-23-22-17-6-4-3-5-11-24(17)18/h7-8,12H,3-6,9-11H2,1-2H3,(H,21,25). The van der Waals surface area contributed by atoms with Crippen LogP contribution in [0.3, 0.4) is 0 Å². The van der Waals surface area contributed by atoms with E-state index in [9.17, 15) is 4.79 Å². The van der Waals surface area contributed by atoms with Gasteiger partial charge in [0.25, 0.3) is 5.91 Å². The zero-order chi connectivity index (χ0) is 18.8. The summed E-state index contributed by atoms with van der Waals surface area (Å²) in [5.74, 6) is 2.85. The van der Waals surface area contributed by atoms with Gasteiger partial charge in [-0.3, -0.25) is 4.79 Å². The number of carbonyl (C=O) groups is 1. The predicted molar refractivity (Wildman–Crippen MR) is 107 cm³/mol. The molecule has 1 N–H and O–H groups in total. The third-order valence-corrected chi connectivity index (χ3v) is 6.44. The number of amides is 1. The third kappa shape index (κ3) is 3.56. The molecule has 0 saturated heterocycles. The average Bonchev–Trinajstić information content (AvgIpc) is 3.12. The first kappa shape index (κ1) is 18.0. The van der Waals surface area contributed by atoms with Crippen LogP contribution in [0.15, 0.2) is 18.2 Å². The molecule has 0 fully saturated rings. The molecule has 0 unspecified atom stereocenters. The fourth-order valence-corrected chi connectivity index (χ4v) is 4.75. The summed E-state index contributed by atoms with van der Waals surface area (Å²) in [4.78, 5) is 13.4. The smallest absolute Gasteiger partial charge is 0.261 e. The van der Waals surface area contributed by atoms with E-state index in [4.69, 9.17) is 4.74 Å². The van der Waals surface area contributed by atoms with E-state index >= 15 is 0 Å². The van der Waals surface area contributed by atoms with Crippen LogP contribution in [0.1, 0.15) is 46.1 Å². The van der Waals surface area contributed by atoms with Gasteiger partial charge in [-0.05, 0) is 48.9 Å². The van der Waals surface area contributed by atoms with Crippen LogP contribution in [0.25, 0.3) is 10.1 Å². The van der Waals surface area contributed by atoms with Crippen LogP contribution in [-0.4, -0.2) is 34.3 Å². The van der Waals surface area contributed by atoms with E-state index in [1.165, 1.54) is 30.6 Å². The van der Waals surface area contributed by atoms with Gasteiger partial charge in [0.2, 0.25) is 0 Å². The number of hydrogen-bond donors (Lipinski definition) is 1. The van der Waals surface area contributed by atoms with Crippen molar-refractivity contribution in [2.45, 2.75) is 45.6 Å². The SMILES string of the molecule is COc1ccc2sc(C(=O)NCCc3nnc4n3CCCCC4)c(C)c2c1. The van der Waals surface area contributed by atoms with E-state index < -0.39 is 0 Å². The highest BCUT2D eigenvalue weighted by Gasteiger charge is 2.17. The van der Waals surface area contributed by atoms with Gasteiger partial charge in [-0.25, -0.2) is 0 Å². The van der Waals surface area contributed by atoms with Crippen molar-refractivity contribution in [1.82, 2.24) is 20.1 Å². The Labute approximate surface area is 162 Å². The first-order chi connectivity index (χ1) is 13.2. The summed E-state index contributed by atoms with van der Waals surface area (Å²) in [6, 6.07) is 5.93. The second kappa shape index (κ2) is 7.68. The lowest BCUT2D eigenvalue weighted by Crippen LogP contribution is -2.26. The Morgan fingerprint density at radius 3 is 3.04 bits per heavy atom. The number of nitrogens with zero attached hydrogens (tertiary/aromatic N) is 3. The van der Waals surface area contributed by atoms with Crippen molar-refractivity contribution in [2.24, 2.45) is 0 Å². The van der Waals surface area contributed by atoms with Crippen molar-refractivity contribution in [2.75, 3.05) is 13.7 Å². The van der Waals surface area contributed by atoms with Gasteiger partial charge in [0.05, 0.1) is 12.0 Å². The summed E-state index contributed by atoms with van der Waals surface area (Å²) in [5, 5.41) is 12.8. The van der Waals surface area contributed by atoms with E-state index in [0.29, 0.717) is 13.0 Å². The number of benzene rings is 1. The highest BCUT2D eigenvalue weighted by Crippen LogP contribution is 2.33. The lowest BCUT2D eigenvalue weighted by atomic mass is 10.1. The summed E-state index contributed by atoms with van der Waals surface area (Å²) in [6.07, 6.45) is 5.32. The molecule has 1 aliphatic heterocycles. The number of aromatic nitrogens is 3. The number of rotatable bonds is 5. The quantitative estimate of drug-likeness (QED) is 0.731. The van der Waals surface area contributed by atoms with E-state index in [-0.39, 0.29) is 5.91 Å². The molecule has 0 bridgehead atoms. The number of fused-ring (bicyclic) bond motifs is 2. The van der Waals surface area contributed by atoms with Gasteiger partial charge in [-0.1, -0.05) is 6.42 Å². The van der Waals surface area contributed by atoms with E-state index in [2.05, 4.69) is 20.1 Å². The summed E-state index contributed by atoms with van der Waals surface area (Å²) in [5.41, 5.74) is 1.00. The van der Waals surface area contributed by atoms with Gasteiger partial charge in [-0.15, -0.1) is 21.5 Å². The second-order valence-corrected chi connectivity index (χ2v) is 7.97. The maximum Gasteiger partial charge on any atom is 0.261 e. The molecule has 142 valence electrons. The van der Waals surface area contributed by atoms with Crippen molar-refractivity contribution >= 4 is 27.3 Å². The van der Waals surface area contributed by atoms with Gasteiger partial charge in [0.1, 0.15) is 17.4 Å². The van der Waals surface area contributed by atoms with Crippen LogP contribution >= 0.6 is 11.3 Å². The van der Waals surface area contributed by atoms with Gasteiger partial charge >= 0.3 is 0 Å². The molecule has 0 atom stereocenters. The zero-order valence-electron chi connectivity index (χ0n) is 15.7. The Kier molecular flexibility index (Phi) is 5.11. The molecular weight excluding hydrogens is 360 g/mol.